The highest BCUT2D eigenvalue weighted by atomic mass is 35.5. The molecular weight excluding hydrogens is 258 g/mol. The van der Waals surface area contributed by atoms with Crippen molar-refractivity contribution in [2.75, 3.05) is 17.7 Å². The number of benzene rings is 1. The average molecular weight is 278 g/mol. The van der Waals surface area contributed by atoms with Gasteiger partial charge in [0.2, 0.25) is 0 Å². The van der Waals surface area contributed by atoms with Crippen LogP contribution in [0.2, 0.25) is 0 Å². The van der Waals surface area contributed by atoms with Gasteiger partial charge in [-0.3, -0.25) is 0 Å². The Morgan fingerprint density at radius 2 is 1.84 bits per heavy atom. The molecule has 1 N–H and O–H groups in total. The summed E-state index contributed by atoms with van der Waals surface area (Å²) in [4.78, 5) is 0. The highest BCUT2D eigenvalue weighted by molar-refractivity contribution is 6.17. The smallest absolute Gasteiger partial charge is 0.156 e. The normalized spacial score (nSPS) is 11.8. The molecule has 2 aromatic rings. The van der Waals surface area contributed by atoms with Crippen LogP contribution in [0.5, 0.6) is 0 Å². The Hall–Kier alpha value is -1.35. The van der Waals surface area contributed by atoms with E-state index in [0.717, 1.165) is 35.2 Å². The van der Waals surface area contributed by atoms with Gasteiger partial charge in [-0.15, -0.1) is 16.7 Å². The number of hydrogen-bond acceptors (Lipinski definition) is 3. The molecule has 4 heteroatoms. The summed E-state index contributed by atoms with van der Waals surface area (Å²) >= 11 is 5.83. The second-order valence-corrected chi connectivity index (χ2v) is 6.01. The number of halogens is 1. The van der Waals surface area contributed by atoms with E-state index in [1.807, 2.05) is 19.1 Å². The predicted molar refractivity (Wildman–Crippen MR) is 81.9 cm³/mol. The van der Waals surface area contributed by atoms with Gasteiger partial charge in [-0.25, -0.2) is 0 Å². The van der Waals surface area contributed by atoms with Crippen molar-refractivity contribution in [2.24, 2.45) is 5.41 Å². The summed E-state index contributed by atoms with van der Waals surface area (Å²) in [6.45, 7) is 7.22. The molecule has 1 heterocycles. The maximum atomic E-state index is 5.83. The van der Waals surface area contributed by atoms with E-state index in [-0.39, 0.29) is 5.41 Å². The van der Waals surface area contributed by atoms with Crippen molar-refractivity contribution < 1.29 is 0 Å². The molecule has 0 unspecified atom stereocenters. The van der Waals surface area contributed by atoms with Crippen LogP contribution in [0.3, 0.4) is 0 Å². The van der Waals surface area contributed by atoms with E-state index in [0.29, 0.717) is 5.88 Å². The van der Waals surface area contributed by atoms with Crippen molar-refractivity contribution in [2.45, 2.75) is 27.2 Å². The third-order valence-electron chi connectivity index (χ3n) is 3.38. The molecule has 0 amide bonds. The largest absolute Gasteiger partial charge is 0.368 e. The Morgan fingerprint density at radius 1 is 1.16 bits per heavy atom. The van der Waals surface area contributed by atoms with Gasteiger partial charge >= 0.3 is 0 Å². The summed E-state index contributed by atoms with van der Waals surface area (Å²) in [5, 5.41) is 14.2. The van der Waals surface area contributed by atoms with Gasteiger partial charge in [-0.05, 0) is 18.8 Å². The number of alkyl halides is 1. The fourth-order valence-electron chi connectivity index (χ4n) is 2.04. The molecule has 3 nitrogen and oxygen atoms in total. The number of aryl methyl sites for hydroxylation is 1. The lowest BCUT2D eigenvalue weighted by Crippen LogP contribution is -2.24. The minimum atomic E-state index is 0.148. The first-order valence-electron chi connectivity index (χ1n) is 6.55. The molecule has 0 fully saturated rings. The Morgan fingerprint density at radius 3 is 2.53 bits per heavy atom. The Labute approximate surface area is 119 Å². The van der Waals surface area contributed by atoms with Crippen LogP contribution in [0, 0.1) is 12.3 Å². The molecule has 1 aromatic heterocycles. The van der Waals surface area contributed by atoms with Crippen molar-refractivity contribution in [3.05, 3.63) is 30.0 Å². The lowest BCUT2D eigenvalue weighted by atomic mass is 9.90. The first kappa shape index (κ1) is 14.1. The maximum absolute atomic E-state index is 5.83. The van der Waals surface area contributed by atoms with Crippen LogP contribution in [-0.2, 0) is 0 Å². The number of anilines is 1. The van der Waals surface area contributed by atoms with Crippen molar-refractivity contribution in [3.63, 3.8) is 0 Å². The van der Waals surface area contributed by atoms with Crippen LogP contribution in [0.15, 0.2) is 24.3 Å². The highest BCUT2D eigenvalue weighted by Crippen LogP contribution is 2.25. The van der Waals surface area contributed by atoms with Crippen LogP contribution in [0.25, 0.3) is 10.8 Å². The second kappa shape index (κ2) is 5.74. The molecule has 0 aliphatic heterocycles. The number of nitrogens with one attached hydrogen (secondary N) is 1. The van der Waals surface area contributed by atoms with Crippen LogP contribution < -0.4 is 5.32 Å². The molecule has 0 saturated heterocycles. The molecule has 0 atom stereocenters. The molecule has 0 radical (unpaired) electrons. The molecule has 102 valence electrons. The first-order valence-corrected chi connectivity index (χ1v) is 7.09. The zero-order valence-electron chi connectivity index (χ0n) is 11.7. The van der Waals surface area contributed by atoms with Gasteiger partial charge in [0, 0.05) is 23.2 Å². The summed E-state index contributed by atoms with van der Waals surface area (Å²) in [7, 11) is 0. The fraction of sp³-hybridized carbons (Fsp3) is 0.467. The quantitative estimate of drug-likeness (QED) is 0.839. The maximum Gasteiger partial charge on any atom is 0.156 e. The van der Waals surface area contributed by atoms with Gasteiger partial charge in [0.1, 0.15) is 0 Å². The molecule has 0 bridgehead atoms. The van der Waals surface area contributed by atoms with Gasteiger partial charge in [0.15, 0.2) is 5.82 Å². The zero-order valence-corrected chi connectivity index (χ0v) is 12.5. The Balaban J connectivity index is 2.24. The number of fused-ring (bicyclic) bond motifs is 1. The SMILES string of the molecule is Cc1nnc(NCC(C)(C)CCCl)c2ccccc12. The minimum Gasteiger partial charge on any atom is -0.368 e. The lowest BCUT2D eigenvalue weighted by Gasteiger charge is -2.24. The summed E-state index contributed by atoms with van der Waals surface area (Å²) in [5.74, 6) is 1.53. The van der Waals surface area contributed by atoms with Crippen molar-refractivity contribution in [1.29, 1.82) is 0 Å². The van der Waals surface area contributed by atoms with Gasteiger partial charge in [-0.2, -0.15) is 5.10 Å². The average Bonchev–Trinajstić information content (AvgIpc) is 2.38. The predicted octanol–water partition coefficient (Wildman–Crippen LogP) is 4.01. The summed E-state index contributed by atoms with van der Waals surface area (Å²) < 4.78 is 0. The topological polar surface area (TPSA) is 37.8 Å². The number of rotatable bonds is 5. The van der Waals surface area contributed by atoms with Crippen molar-refractivity contribution in [1.82, 2.24) is 10.2 Å². The number of hydrogen-bond donors (Lipinski definition) is 1. The number of aromatic nitrogens is 2. The minimum absolute atomic E-state index is 0.148. The highest BCUT2D eigenvalue weighted by Gasteiger charge is 2.17. The molecule has 0 spiro atoms. The van der Waals surface area contributed by atoms with Crippen molar-refractivity contribution in [3.8, 4) is 0 Å². The molecule has 19 heavy (non-hydrogen) atoms. The zero-order chi connectivity index (χ0) is 13.9. The summed E-state index contributed by atoms with van der Waals surface area (Å²) in [5.41, 5.74) is 1.11. The first-order chi connectivity index (χ1) is 9.03. The Kier molecular flexibility index (Phi) is 4.25. The monoisotopic (exact) mass is 277 g/mol. The van der Waals surface area contributed by atoms with E-state index >= 15 is 0 Å². The van der Waals surface area contributed by atoms with E-state index in [1.54, 1.807) is 0 Å². The Bertz CT molecular complexity index is 566. The molecule has 0 aliphatic rings. The van der Waals surface area contributed by atoms with E-state index in [4.69, 9.17) is 11.6 Å². The molecule has 0 saturated carbocycles. The standard InChI is InChI=1S/C15H20ClN3/c1-11-12-6-4-5-7-13(12)14(19-18-11)17-10-15(2,3)8-9-16/h4-7H,8-10H2,1-3H3,(H,17,19). The molecule has 1 aromatic carbocycles. The van der Waals surface area contributed by atoms with E-state index in [2.05, 4.69) is 41.5 Å². The van der Waals surface area contributed by atoms with Gasteiger partial charge < -0.3 is 5.32 Å². The van der Waals surface area contributed by atoms with Crippen LogP contribution in [-0.4, -0.2) is 22.6 Å². The fourth-order valence-corrected chi connectivity index (χ4v) is 2.55. The summed E-state index contributed by atoms with van der Waals surface area (Å²) in [6, 6.07) is 8.21. The third kappa shape index (κ3) is 3.35. The third-order valence-corrected chi connectivity index (χ3v) is 3.57. The molecular formula is C15H20ClN3. The number of nitrogens with zero attached hydrogens (tertiary/aromatic N) is 2. The van der Waals surface area contributed by atoms with Crippen LogP contribution in [0.1, 0.15) is 26.0 Å². The van der Waals surface area contributed by atoms with Crippen LogP contribution >= 0.6 is 11.6 Å². The summed E-state index contributed by atoms with van der Waals surface area (Å²) in [6.07, 6.45) is 0.971. The molecule has 2 rings (SSSR count). The van der Waals surface area contributed by atoms with Crippen LogP contribution in [0.4, 0.5) is 5.82 Å². The van der Waals surface area contributed by atoms with Gasteiger partial charge in [0.05, 0.1) is 5.69 Å². The second-order valence-electron chi connectivity index (χ2n) is 5.64. The lowest BCUT2D eigenvalue weighted by molar-refractivity contribution is 0.379. The van der Waals surface area contributed by atoms with Gasteiger partial charge in [-0.1, -0.05) is 38.1 Å². The van der Waals surface area contributed by atoms with E-state index in [1.165, 1.54) is 0 Å². The van der Waals surface area contributed by atoms with E-state index < -0.39 is 0 Å². The van der Waals surface area contributed by atoms with Gasteiger partial charge in [0.25, 0.3) is 0 Å². The molecule has 0 aliphatic carbocycles. The van der Waals surface area contributed by atoms with Crippen molar-refractivity contribution >= 4 is 28.2 Å². The van der Waals surface area contributed by atoms with E-state index in [9.17, 15) is 0 Å².